The maximum Gasteiger partial charge on any atom is 0.0798 e. The Labute approximate surface area is 108 Å². The van der Waals surface area contributed by atoms with Crippen LogP contribution in [0.25, 0.3) is 0 Å². The van der Waals surface area contributed by atoms with E-state index in [-0.39, 0.29) is 0 Å². The Hall–Kier alpha value is -0.450. The maximum atomic E-state index is 5.41. The number of rotatable bonds is 4. The van der Waals surface area contributed by atoms with Gasteiger partial charge in [0.2, 0.25) is 0 Å². The lowest BCUT2D eigenvalue weighted by molar-refractivity contribution is 0.0547. The zero-order chi connectivity index (χ0) is 12.3. The van der Waals surface area contributed by atoms with Crippen LogP contribution in [0.1, 0.15) is 43.3 Å². The smallest absolute Gasteiger partial charge is 0.0798 e. The van der Waals surface area contributed by atoms with E-state index < -0.39 is 0 Å². The molecule has 2 rings (SSSR count). The Morgan fingerprint density at radius 1 is 1.41 bits per heavy atom. The number of ether oxygens (including phenoxy) is 1. The highest BCUT2D eigenvalue weighted by Gasteiger charge is 2.22. The predicted molar refractivity (Wildman–Crippen MR) is 71.4 cm³/mol. The lowest BCUT2D eigenvalue weighted by Gasteiger charge is -2.30. The summed E-state index contributed by atoms with van der Waals surface area (Å²) in [7, 11) is 0. The molecular weight excluding hydrogens is 232 g/mol. The van der Waals surface area contributed by atoms with Crippen molar-refractivity contribution in [1.29, 1.82) is 0 Å². The molecule has 2 unspecified atom stereocenters. The standard InChI is InChI=1S/C13H22N2OS/c1-9(12-4-6-16-7-5-12)15-11(3)13-10(2)14-8-17-13/h8-9,11-12,15H,4-7H2,1-3H3. The third kappa shape index (κ3) is 3.27. The molecule has 0 aliphatic carbocycles. The van der Waals surface area contributed by atoms with Crippen LogP contribution >= 0.6 is 11.3 Å². The number of hydrogen-bond acceptors (Lipinski definition) is 4. The van der Waals surface area contributed by atoms with Crippen LogP contribution < -0.4 is 5.32 Å². The lowest BCUT2D eigenvalue weighted by atomic mass is 9.92. The second kappa shape index (κ2) is 5.94. The van der Waals surface area contributed by atoms with E-state index in [1.807, 2.05) is 5.51 Å². The monoisotopic (exact) mass is 254 g/mol. The second-order valence-corrected chi connectivity index (χ2v) is 5.82. The number of nitrogens with zero attached hydrogens (tertiary/aromatic N) is 1. The molecule has 0 saturated carbocycles. The number of thiazole rings is 1. The van der Waals surface area contributed by atoms with E-state index in [0.717, 1.165) is 24.8 Å². The Balaban J connectivity index is 1.89. The van der Waals surface area contributed by atoms with Crippen molar-refractivity contribution >= 4 is 11.3 Å². The van der Waals surface area contributed by atoms with E-state index in [0.29, 0.717) is 12.1 Å². The van der Waals surface area contributed by atoms with Gasteiger partial charge in [-0.15, -0.1) is 11.3 Å². The first-order valence-corrected chi connectivity index (χ1v) is 7.30. The third-order valence-corrected chi connectivity index (χ3v) is 4.78. The highest BCUT2D eigenvalue weighted by molar-refractivity contribution is 7.09. The van der Waals surface area contributed by atoms with Gasteiger partial charge in [0.05, 0.1) is 11.2 Å². The first kappa shape index (κ1) is 13.0. The van der Waals surface area contributed by atoms with E-state index in [1.54, 1.807) is 11.3 Å². The van der Waals surface area contributed by atoms with Crippen LogP contribution in [0, 0.1) is 12.8 Å². The van der Waals surface area contributed by atoms with Crippen molar-refractivity contribution in [2.75, 3.05) is 13.2 Å². The van der Waals surface area contributed by atoms with Crippen LogP contribution in [0.4, 0.5) is 0 Å². The molecule has 1 aromatic heterocycles. The topological polar surface area (TPSA) is 34.2 Å². The summed E-state index contributed by atoms with van der Waals surface area (Å²) in [6.07, 6.45) is 2.37. The molecule has 1 N–H and O–H groups in total. The zero-order valence-corrected chi connectivity index (χ0v) is 11.7. The molecule has 0 bridgehead atoms. The summed E-state index contributed by atoms with van der Waals surface area (Å²) in [4.78, 5) is 5.68. The van der Waals surface area contributed by atoms with Crippen molar-refractivity contribution in [3.05, 3.63) is 16.1 Å². The van der Waals surface area contributed by atoms with Gasteiger partial charge in [-0.05, 0) is 39.5 Å². The van der Waals surface area contributed by atoms with Crippen molar-refractivity contribution in [3.8, 4) is 0 Å². The van der Waals surface area contributed by atoms with Gasteiger partial charge in [-0.1, -0.05) is 0 Å². The van der Waals surface area contributed by atoms with Crippen molar-refractivity contribution in [2.45, 2.75) is 45.7 Å². The van der Waals surface area contributed by atoms with E-state index in [9.17, 15) is 0 Å². The summed E-state index contributed by atoms with van der Waals surface area (Å²) >= 11 is 1.75. The minimum atomic E-state index is 0.403. The molecular formula is C13H22N2OS. The molecule has 1 saturated heterocycles. The molecule has 4 heteroatoms. The van der Waals surface area contributed by atoms with Crippen LogP contribution in [0.15, 0.2) is 5.51 Å². The minimum absolute atomic E-state index is 0.403. The summed E-state index contributed by atoms with van der Waals surface area (Å²) in [5.74, 6) is 0.749. The molecule has 0 radical (unpaired) electrons. The summed E-state index contributed by atoms with van der Waals surface area (Å²) in [6.45, 7) is 8.46. The molecule has 3 nitrogen and oxygen atoms in total. The van der Waals surface area contributed by atoms with E-state index in [1.165, 1.54) is 17.7 Å². The van der Waals surface area contributed by atoms with Gasteiger partial charge in [0.25, 0.3) is 0 Å². The van der Waals surface area contributed by atoms with Crippen LogP contribution in [0.3, 0.4) is 0 Å². The number of nitrogens with one attached hydrogen (secondary N) is 1. The van der Waals surface area contributed by atoms with Crippen LogP contribution in [-0.2, 0) is 4.74 Å². The van der Waals surface area contributed by atoms with Gasteiger partial charge in [-0.3, -0.25) is 0 Å². The van der Waals surface area contributed by atoms with Gasteiger partial charge in [0.1, 0.15) is 0 Å². The van der Waals surface area contributed by atoms with Gasteiger partial charge >= 0.3 is 0 Å². The van der Waals surface area contributed by atoms with Crippen LogP contribution in [0.2, 0.25) is 0 Å². The summed E-state index contributed by atoms with van der Waals surface area (Å²) < 4.78 is 5.41. The largest absolute Gasteiger partial charge is 0.381 e. The second-order valence-electron chi connectivity index (χ2n) is 4.93. The number of aryl methyl sites for hydroxylation is 1. The molecule has 96 valence electrons. The zero-order valence-electron chi connectivity index (χ0n) is 10.9. The molecule has 0 amide bonds. The molecule has 2 heterocycles. The normalized spacial score (nSPS) is 21.4. The molecule has 17 heavy (non-hydrogen) atoms. The average Bonchev–Trinajstić information content (AvgIpc) is 2.76. The average molecular weight is 254 g/mol. The van der Waals surface area contributed by atoms with Crippen LogP contribution in [-0.4, -0.2) is 24.2 Å². The first-order valence-electron chi connectivity index (χ1n) is 6.42. The fourth-order valence-electron chi connectivity index (χ4n) is 2.55. The van der Waals surface area contributed by atoms with Gasteiger partial charge in [-0.2, -0.15) is 0 Å². The van der Waals surface area contributed by atoms with E-state index in [4.69, 9.17) is 4.74 Å². The molecule has 0 aromatic carbocycles. The first-order chi connectivity index (χ1) is 8.18. The lowest BCUT2D eigenvalue weighted by Crippen LogP contribution is -2.38. The molecule has 1 aromatic rings. The van der Waals surface area contributed by atoms with E-state index in [2.05, 4.69) is 31.1 Å². The summed E-state index contributed by atoms with van der Waals surface area (Å²) in [5, 5.41) is 3.71. The summed E-state index contributed by atoms with van der Waals surface area (Å²) in [5.41, 5.74) is 3.09. The predicted octanol–water partition coefficient (Wildman–Crippen LogP) is 2.92. The summed E-state index contributed by atoms with van der Waals surface area (Å²) in [6, 6.07) is 0.954. The Bertz CT molecular complexity index is 347. The fourth-order valence-corrected chi connectivity index (χ4v) is 3.37. The number of aromatic nitrogens is 1. The van der Waals surface area contributed by atoms with Crippen molar-refractivity contribution < 1.29 is 4.74 Å². The van der Waals surface area contributed by atoms with Gasteiger partial charge < -0.3 is 10.1 Å². The molecule has 1 aliphatic heterocycles. The van der Waals surface area contributed by atoms with Crippen molar-refractivity contribution in [1.82, 2.24) is 10.3 Å². The van der Waals surface area contributed by atoms with Gasteiger partial charge in [0.15, 0.2) is 0 Å². The fraction of sp³-hybridized carbons (Fsp3) is 0.769. The minimum Gasteiger partial charge on any atom is -0.381 e. The highest BCUT2D eigenvalue weighted by atomic mass is 32.1. The Morgan fingerprint density at radius 2 is 2.12 bits per heavy atom. The Morgan fingerprint density at radius 3 is 2.71 bits per heavy atom. The molecule has 1 aliphatic rings. The van der Waals surface area contributed by atoms with Gasteiger partial charge in [0, 0.05) is 30.2 Å². The quantitative estimate of drug-likeness (QED) is 0.897. The van der Waals surface area contributed by atoms with Crippen molar-refractivity contribution in [3.63, 3.8) is 0 Å². The van der Waals surface area contributed by atoms with Crippen molar-refractivity contribution in [2.24, 2.45) is 5.92 Å². The molecule has 1 fully saturated rings. The third-order valence-electron chi connectivity index (χ3n) is 3.66. The van der Waals surface area contributed by atoms with Gasteiger partial charge in [-0.25, -0.2) is 4.98 Å². The molecule has 2 atom stereocenters. The Kier molecular flexibility index (Phi) is 4.54. The van der Waals surface area contributed by atoms with E-state index >= 15 is 0 Å². The highest BCUT2D eigenvalue weighted by Crippen LogP contribution is 2.25. The maximum absolute atomic E-state index is 5.41. The van der Waals surface area contributed by atoms with Crippen LogP contribution in [0.5, 0.6) is 0 Å². The number of hydrogen-bond donors (Lipinski definition) is 1. The molecule has 0 spiro atoms. The SMILES string of the molecule is Cc1ncsc1C(C)NC(C)C1CCOCC1.